The van der Waals surface area contributed by atoms with Gasteiger partial charge in [-0.25, -0.2) is 0 Å². The summed E-state index contributed by atoms with van der Waals surface area (Å²) in [6, 6.07) is 7.74. The zero-order valence-electron chi connectivity index (χ0n) is 12.9. The largest absolute Gasteiger partial charge is 0.347 e. The molecule has 6 heteroatoms. The molecular weight excluding hydrogens is 302 g/mol. The molecule has 0 aromatic heterocycles. The van der Waals surface area contributed by atoms with Crippen LogP contribution < -0.4 is 16.0 Å². The second kappa shape index (κ2) is 9.43. The third kappa shape index (κ3) is 5.66. The van der Waals surface area contributed by atoms with Gasteiger partial charge in [-0.1, -0.05) is 19.1 Å². The van der Waals surface area contributed by atoms with Crippen molar-refractivity contribution in [2.75, 3.05) is 25.0 Å². The SMILES string of the molecule is CCc1cccc(NC(=O)CNC(=O)C2CCNCC2)c1.Cl. The summed E-state index contributed by atoms with van der Waals surface area (Å²) in [5, 5.41) is 8.75. The van der Waals surface area contributed by atoms with Crippen LogP contribution in [-0.4, -0.2) is 31.4 Å². The van der Waals surface area contributed by atoms with E-state index in [1.807, 2.05) is 24.3 Å². The molecule has 0 aliphatic carbocycles. The Labute approximate surface area is 137 Å². The van der Waals surface area contributed by atoms with Crippen molar-refractivity contribution in [1.82, 2.24) is 10.6 Å². The number of anilines is 1. The van der Waals surface area contributed by atoms with E-state index >= 15 is 0 Å². The first-order chi connectivity index (χ1) is 10.2. The molecule has 1 aliphatic heterocycles. The van der Waals surface area contributed by atoms with E-state index in [0.717, 1.165) is 38.0 Å². The van der Waals surface area contributed by atoms with Crippen LogP contribution in [-0.2, 0) is 16.0 Å². The summed E-state index contributed by atoms with van der Waals surface area (Å²) < 4.78 is 0. The van der Waals surface area contributed by atoms with Gasteiger partial charge in [0.25, 0.3) is 0 Å². The molecule has 2 rings (SSSR count). The Kier molecular flexibility index (Phi) is 7.91. The van der Waals surface area contributed by atoms with Crippen LogP contribution >= 0.6 is 12.4 Å². The Balaban J connectivity index is 0.00000242. The summed E-state index contributed by atoms with van der Waals surface area (Å²) >= 11 is 0. The van der Waals surface area contributed by atoms with Gasteiger partial charge in [0.15, 0.2) is 0 Å². The summed E-state index contributed by atoms with van der Waals surface area (Å²) in [5.41, 5.74) is 1.95. The number of carbonyl (C=O) groups excluding carboxylic acids is 2. The zero-order valence-corrected chi connectivity index (χ0v) is 13.7. The molecule has 1 aliphatic rings. The van der Waals surface area contributed by atoms with Gasteiger partial charge in [0.05, 0.1) is 6.54 Å². The van der Waals surface area contributed by atoms with Gasteiger partial charge in [0.2, 0.25) is 11.8 Å². The van der Waals surface area contributed by atoms with Crippen molar-refractivity contribution < 1.29 is 9.59 Å². The van der Waals surface area contributed by atoms with Crippen molar-refractivity contribution in [3.8, 4) is 0 Å². The number of halogens is 1. The number of carbonyl (C=O) groups is 2. The molecule has 1 aromatic carbocycles. The van der Waals surface area contributed by atoms with Gasteiger partial charge in [-0.15, -0.1) is 12.4 Å². The van der Waals surface area contributed by atoms with Crippen LogP contribution in [0.1, 0.15) is 25.3 Å². The van der Waals surface area contributed by atoms with E-state index in [0.29, 0.717) is 0 Å². The summed E-state index contributed by atoms with van der Waals surface area (Å²) in [6.07, 6.45) is 2.61. The minimum atomic E-state index is -0.189. The topological polar surface area (TPSA) is 70.2 Å². The molecule has 0 saturated carbocycles. The Morgan fingerprint density at radius 3 is 2.68 bits per heavy atom. The Hall–Kier alpha value is -1.59. The lowest BCUT2D eigenvalue weighted by atomic mass is 9.97. The summed E-state index contributed by atoms with van der Waals surface area (Å²) in [7, 11) is 0. The van der Waals surface area contributed by atoms with Crippen LogP contribution in [0.15, 0.2) is 24.3 Å². The molecule has 122 valence electrons. The van der Waals surface area contributed by atoms with Crippen molar-refractivity contribution in [1.29, 1.82) is 0 Å². The quantitative estimate of drug-likeness (QED) is 0.772. The third-order valence-electron chi connectivity index (χ3n) is 3.75. The molecule has 5 nitrogen and oxygen atoms in total. The van der Waals surface area contributed by atoms with Gasteiger partial charge < -0.3 is 16.0 Å². The van der Waals surface area contributed by atoms with E-state index in [-0.39, 0.29) is 36.7 Å². The van der Waals surface area contributed by atoms with Crippen LogP contribution in [0.3, 0.4) is 0 Å². The predicted octanol–water partition coefficient (Wildman–Crippen LogP) is 1.73. The second-order valence-corrected chi connectivity index (χ2v) is 5.34. The van der Waals surface area contributed by atoms with Gasteiger partial charge in [-0.05, 0) is 50.0 Å². The first-order valence-electron chi connectivity index (χ1n) is 7.56. The molecule has 0 spiro atoms. The van der Waals surface area contributed by atoms with E-state index < -0.39 is 0 Å². The molecule has 1 aromatic rings. The molecule has 0 atom stereocenters. The first kappa shape index (κ1) is 18.5. The highest BCUT2D eigenvalue weighted by molar-refractivity contribution is 5.94. The Morgan fingerprint density at radius 1 is 1.27 bits per heavy atom. The predicted molar refractivity (Wildman–Crippen MR) is 90.3 cm³/mol. The number of hydrogen-bond acceptors (Lipinski definition) is 3. The number of hydrogen-bond donors (Lipinski definition) is 3. The zero-order chi connectivity index (χ0) is 15.1. The monoisotopic (exact) mass is 325 g/mol. The number of benzene rings is 1. The molecular formula is C16H24ClN3O2. The lowest BCUT2D eigenvalue weighted by molar-refractivity contribution is -0.127. The smallest absolute Gasteiger partial charge is 0.243 e. The molecule has 1 saturated heterocycles. The Bertz CT molecular complexity index is 502. The standard InChI is InChI=1S/C16H23N3O2.ClH/c1-2-12-4-3-5-14(10-12)19-15(20)11-18-16(21)13-6-8-17-9-7-13;/h3-5,10,13,17H,2,6-9,11H2,1H3,(H,18,21)(H,19,20);1H. The number of nitrogens with one attached hydrogen (secondary N) is 3. The molecule has 0 bridgehead atoms. The van der Waals surface area contributed by atoms with Gasteiger partial charge in [-0.3, -0.25) is 9.59 Å². The lowest BCUT2D eigenvalue weighted by Gasteiger charge is -2.21. The van der Waals surface area contributed by atoms with Crippen LogP contribution in [0.2, 0.25) is 0 Å². The van der Waals surface area contributed by atoms with E-state index in [2.05, 4.69) is 22.9 Å². The molecule has 1 heterocycles. The summed E-state index contributed by atoms with van der Waals surface area (Å²) in [5.74, 6) is -0.179. The van der Waals surface area contributed by atoms with Crippen molar-refractivity contribution >= 4 is 29.9 Å². The average molecular weight is 326 g/mol. The maximum Gasteiger partial charge on any atom is 0.243 e. The number of aryl methyl sites for hydroxylation is 1. The first-order valence-corrected chi connectivity index (χ1v) is 7.56. The highest BCUT2D eigenvalue weighted by Crippen LogP contribution is 2.12. The van der Waals surface area contributed by atoms with Crippen molar-refractivity contribution in [2.45, 2.75) is 26.2 Å². The highest BCUT2D eigenvalue weighted by Gasteiger charge is 2.20. The maximum absolute atomic E-state index is 11.9. The van der Waals surface area contributed by atoms with Crippen molar-refractivity contribution in [2.24, 2.45) is 5.92 Å². The minimum absolute atomic E-state index is 0. The van der Waals surface area contributed by atoms with Gasteiger partial charge in [-0.2, -0.15) is 0 Å². The molecule has 3 N–H and O–H groups in total. The normalized spacial score (nSPS) is 14.8. The minimum Gasteiger partial charge on any atom is -0.347 e. The fraction of sp³-hybridized carbons (Fsp3) is 0.500. The van der Waals surface area contributed by atoms with Gasteiger partial charge in [0, 0.05) is 11.6 Å². The maximum atomic E-state index is 11.9. The molecule has 0 radical (unpaired) electrons. The van der Waals surface area contributed by atoms with E-state index in [1.165, 1.54) is 5.56 Å². The Morgan fingerprint density at radius 2 is 2.00 bits per heavy atom. The fourth-order valence-electron chi connectivity index (χ4n) is 2.47. The van der Waals surface area contributed by atoms with Crippen LogP contribution in [0.25, 0.3) is 0 Å². The number of amides is 2. The second-order valence-electron chi connectivity index (χ2n) is 5.34. The molecule has 1 fully saturated rings. The number of piperidine rings is 1. The van der Waals surface area contributed by atoms with Crippen molar-refractivity contribution in [3.63, 3.8) is 0 Å². The molecule has 22 heavy (non-hydrogen) atoms. The van der Waals surface area contributed by atoms with E-state index in [9.17, 15) is 9.59 Å². The average Bonchev–Trinajstić information content (AvgIpc) is 2.53. The molecule has 2 amide bonds. The van der Waals surface area contributed by atoms with Gasteiger partial charge in [0.1, 0.15) is 0 Å². The number of rotatable bonds is 5. The summed E-state index contributed by atoms with van der Waals surface area (Å²) in [4.78, 5) is 23.8. The van der Waals surface area contributed by atoms with Crippen molar-refractivity contribution in [3.05, 3.63) is 29.8 Å². The third-order valence-corrected chi connectivity index (χ3v) is 3.75. The lowest BCUT2D eigenvalue weighted by Crippen LogP contribution is -2.41. The van der Waals surface area contributed by atoms with Crippen LogP contribution in [0.4, 0.5) is 5.69 Å². The van der Waals surface area contributed by atoms with E-state index in [4.69, 9.17) is 0 Å². The highest BCUT2D eigenvalue weighted by atomic mass is 35.5. The fourth-order valence-corrected chi connectivity index (χ4v) is 2.47. The summed E-state index contributed by atoms with van der Waals surface area (Å²) in [6.45, 7) is 3.83. The van der Waals surface area contributed by atoms with Crippen LogP contribution in [0.5, 0.6) is 0 Å². The van der Waals surface area contributed by atoms with E-state index in [1.54, 1.807) is 0 Å². The van der Waals surface area contributed by atoms with Crippen LogP contribution in [0, 0.1) is 5.92 Å². The molecule has 0 unspecified atom stereocenters. The van der Waals surface area contributed by atoms with Gasteiger partial charge >= 0.3 is 0 Å².